The van der Waals surface area contributed by atoms with Gasteiger partial charge in [-0.3, -0.25) is 4.79 Å². The second-order valence-electron chi connectivity index (χ2n) is 2.14. The number of ether oxygens (including phenoxy) is 1. The first-order valence-corrected chi connectivity index (χ1v) is 3.31. The molecule has 4 N–H and O–H groups in total. The summed E-state index contributed by atoms with van der Waals surface area (Å²) >= 11 is 0. The SMILES string of the molecule is NC(=O)COc1cccnc1N. The van der Waals surface area contributed by atoms with Gasteiger partial charge in [0.05, 0.1) is 0 Å². The van der Waals surface area contributed by atoms with Crippen molar-refractivity contribution in [2.75, 3.05) is 12.3 Å². The predicted molar refractivity (Wildman–Crippen MR) is 43.3 cm³/mol. The highest BCUT2D eigenvalue weighted by atomic mass is 16.5. The van der Waals surface area contributed by atoms with Gasteiger partial charge in [0.25, 0.3) is 5.91 Å². The van der Waals surface area contributed by atoms with E-state index in [-0.39, 0.29) is 12.4 Å². The van der Waals surface area contributed by atoms with Gasteiger partial charge in [0.2, 0.25) is 0 Å². The van der Waals surface area contributed by atoms with Gasteiger partial charge in [-0.25, -0.2) is 4.98 Å². The number of hydrogen-bond donors (Lipinski definition) is 2. The number of carbonyl (C=O) groups excluding carboxylic acids is 1. The Labute approximate surface area is 69.3 Å². The standard InChI is InChI=1S/C7H9N3O2/c8-6(11)4-12-5-2-1-3-10-7(5)9/h1-3H,4H2,(H2,8,11)(H2,9,10). The molecule has 5 heteroatoms. The van der Waals surface area contributed by atoms with Crippen molar-refractivity contribution < 1.29 is 9.53 Å². The minimum Gasteiger partial charge on any atom is -0.480 e. The van der Waals surface area contributed by atoms with Gasteiger partial charge in [-0.2, -0.15) is 0 Å². The molecular weight excluding hydrogens is 158 g/mol. The number of rotatable bonds is 3. The van der Waals surface area contributed by atoms with Crippen molar-refractivity contribution in [1.82, 2.24) is 4.98 Å². The summed E-state index contributed by atoms with van der Waals surface area (Å²) in [6.07, 6.45) is 1.53. The van der Waals surface area contributed by atoms with E-state index in [0.29, 0.717) is 5.75 Å². The maximum absolute atomic E-state index is 10.3. The van der Waals surface area contributed by atoms with E-state index in [9.17, 15) is 4.79 Å². The number of primary amides is 1. The van der Waals surface area contributed by atoms with Crippen LogP contribution in [0.15, 0.2) is 18.3 Å². The Morgan fingerprint density at radius 1 is 1.67 bits per heavy atom. The molecule has 0 aromatic carbocycles. The Balaban J connectivity index is 2.63. The minimum atomic E-state index is -0.543. The van der Waals surface area contributed by atoms with E-state index >= 15 is 0 Å². The lowest BCUT2D eigenvalue weighted by molar-refractivity contribution is -0.119. The molecule has 64 valence electrons. The summed E-state index contributed by atoms with van der Waals surface area (Å²) in [5.74, 6) is 0.0771. The van der Waals surface area contributed by atoms with Gasteiger partial charge < -0.3 is 16.2 Å². The second kappa shape index (κ2) is 3.56. The Kier molecular flexibility index (Phi) is 2.47. The van der Waals surface area contributed by atoms with Gasteiger partial charge in [0.15, 0.2) is 18.2 Å². The molecule has 5 nitrogen and oxygen atoms in total. The summed E-state index contributed by atoms with van der Waals surface area (Å²) in [4.78, 5) is 14.1. The Bertz CT molecular complexity index is 288. The molecule has 0 atom stereocenters. The first-order chi connectivity index (χ1) is 5.70. The smallest absolute Gasteiger partial charge is 0.255 e. The van der Waals surface area contributed by atoms with E-state index < -0.39 is 5.91 Å². The third-order valence-electron chi connectivity index (χ3n) is 1.17. The molecule has 1 amide bonds. The van der Waals surface area contributed by atoms with Crippen LogP contribution in [0.2, 0.25) is 0 Å². The Morgan fingerprint density at radius 3 is 3.00 bits per heavy atom. The quantitative estimate of drug-likeness (QED) is 0.636. The molecule has 1 aromatic rings. The van der Waals surface area contributed by atoms with Gasteiger partial charge in [0.1, 0.15) is 0 Å². The summed E-state index contributed by atoms with van der Waals surface area (Å²) in [7, 11) is 0. The molecule has 0 aliphatic carbocycles. The molecule has 1 rings (SSSR count). The molecule has 12 heavy (non-hydrogen) atoms. The third kappa shape index (κ3) is 2.12. The van der Waals surface area contributed by atoms with E-state index in [0.717, 1.165) is 0 Å². The lowest BCUT2D eigenvalue weighted by Gasteiger charge is -2.04. The summed E-state index contributed by atoms with van der Waals surface area (Å²) in [5, 5.41) is 0. The summed E-state index contributed by atoms with van der Waals surface area (Å²) < 4.78 is 4.94. The molecule has 0 bridgehead atoms. The monoisotopic (exact) mass is 167 g/mol. The first-order valence-electron chi connectivity index (χ1n) is 3.31. The van der Waals surface area contributed by atoms with E-state index in [1.165, 1.54) is 6.20 Å². The number of nitrogens with zero attached hydrogens (tertiary/aromatic N) is 1. The zero-order valence-corrected chi connectivity index (χ0v) is 6.36. The molecule has 0 saturated heterocycles. The Hall–Kier alpha value is -1.78. The number of amides is 1. The summed E-state index contributed by atoms with van der Waals surface area (Å²) in [6.45, 7) is -0.185. The number of anilines is 1. The van der Waals surface area contributed by atoms with Crippen LogP contribution in [0.1, 0.15) is 0 Å². The summed E-state index contributed by atoms with van der Waals surface area (Å²) in [6, 6.07) is 3.28. The average Bonchev–Trinajstić information content (AvgIpc) is 2.03. The van der Waals surface area contributed by atoms with Crippen molar-refractivity contribution in [2.45, 2.75) is 0 Å². The summed E-state index contributed by atoms with van der Waals surface area (Å²) in [5.41, 5.74) is 10.3. The van der Waals surface area contributed by atoms with Gasteiger partial charge in [0, 0.05) is 6.20 Å². The van der Waals surface area contributed by atoms with Crippen molar-refractivity contribution in [3.63, 3.8) is 0 Å². The van der Waals surface area contributed by atoms with Gasteiger partial charge >= 0.3 is 0 Å². The van der Waals surface area contributed by atoms with E-state index in [2.05, 4.69) is 4.98 Å². The van der Waals surface area contributed by atoms with Crippen molar-refractivity contribution >= 4 is 11.7 Å². The fraction of sp³-hybridized carbons (Fsp3) is 0.143. The van der Waals surface area contributed by atoms with Crippen LogP contribution in [0.5, 0.6) is 5.75 Å². The lowest BCUT2D eigenvalue weighted by Crippen LogP contribution is -2.20. The highest BCUT2D eigenvalue weighted by Crippen LogP contribution is 2.15. The van der Waals surface area contributed by atoms with Crippen molar-refractivity contribution in [2.24, 2.45) is 5.73 Å². The van der Waals surface area contributed by atoms with E-state index in [1.807, 2.05) is 0 Å². The van der Waals surface area contributed by atoms with Crippen LogP contribution in [-0.4, -0.2) is 17.5 Å². The number of carbonyl (C=O) groups is 1. The maximum atomic E-state index is 10.3. The average molecular weight is 167 g/mol. The number of hydrogen-bond acceptors (Lipinski definition) is 4. The normalized spacial score (nSPS) is 9.33. The minimum absolute atomic E-state index is 0.185. The maximum Gasteiger partial charge on any atom is 0.255 e. The van der Waals surface area contributed by atoms with Crippen LogP contribution in [-0.2, 0) is 4.79 Å². The highest BCUT2D eigenvalue weighted by Gasteiger charge is 2.00. The first kappa shape index (κ1) is 8.32. The molecule has 0 radical (unpaired) electrons. The predicted octanol–water partition coefficient (Wildman–Crippen LogP) is -0.472. The fourth-order valence-electron chi connectivity index (χ4n) is 0.674. The molecule has 0 saturated carbocycles. The Morgan fingerprint density at radius 2 is 2.42 bits per heavy atom. The van der Waals surface area contributed by atoms with Crippen molar-refractivity contribution in [1.29, 1.82) is 0 Å². The number of nitrogen functional groups attached to an aromatic ring is 1. The van der Waals surface area contributed by atoms with E-state index in [4.69, 9.17) is 16.2 Å². The van der Waals surface area contributed by atoms with Crippen LogP contribution in [0.25, 0.3) is 0 Å². The molecule has 1 aromatic heterocycles. The van der Waals surface area contributed by atoms with Crippen LogP contribution < -0.4 is 16.2 Å². The number of nitrogens with two attached hydrogens (primary N) is 2. The van der Waals surface area contributed by atoms with Crippen LogP contribution >= 0.6 is 0 Å². The molecule has 0 aliphatic heterocycles. The van der Waals surface area contributed by atoms with Crippen molar-refractivity contribution in [3.8, 4) is 5.75 Å². The second-order valence-corrected chi connectivity index (χ2v) is 2.14. The fourth-order valence-corrected chi connectivity index (χ4v) is 0.674. The number of pyridine rings is 1. The van der Waals surface area contributed by atoms with E-state index in [1.54, 1.807) is 12.1 Å². The third-order valence-corrected chi connectivity index (χ3v) is 1.17. The largest absolute Gasteiger partial charge is 0.480 e. The van der Waals surface area contributed by atoms with Crippen molar-refractivity contribution in [3.05, 3.63) is 18.3 Å². The zero-order chi connectivity index (χ0) is 8.97. The molecule has 0 fully saturated rings. The zero-order valence-electron chi connectivity index (χ0n) is 6.36. The van der Waals surface area contributed by atoms with Crippen LogP contribution in [0, 0.1) is 0 Å². The molecule has 0 unspecified atom stereocenters. The lowest BCUT2D eigenvalue weighted by atomic mass is 10.4. The molecule has 0 spiro atoms. The molecule has 0 aliphatic rings. The molecule has 1 heterocycles. The number of aromatic nitrogens is 1. The highest BCUT2D eigenvalue weighted by molar-refractivity contribution is 5.75. The van der Waals surface area contributed by atoms with Crippen LogP contribution in [0.4, 0.5) is 5.82 Å². The topological polar surface area (TPSA) is 91.2 Å². The molecular formula is C7H9N3O2. The van der Waals surface area contributed by atoms with Gasteiger partial charge in [-0.1, -0.05) is 0 Å². The van der Waals surface area contributed by atoms with Gasteiger partial charge in [-0.15, -0.1) is 0 Å². The van der Waals surface area contributed by atoms with Gasteiger partial charge in [-0.05, 0) is 12.1 Å². The van der Waals surface area contributed by atoms with Crippen LogP contribution in [0.3, 0.4) is 0 Å².